The zero-order chi connectivity index (χ0) is 15.7. The van der Waals surface area contributed by atoms with E-state index in [0.29, 0.717) is 0 Å². The fraction of sp³-hybridized carbons (Fsp3) is 0.300. The van der Waals surface area contributed by atoms with Crippen LogP contribution in [0.5, 0.6) is 0 Å². The lowest BCUT2D eigenvalue weighted by Crippen LogP contribution is -2.03. The molecule has 2 nitrogen and oxygen atoms in total. The van der Waals surface area contributed by atoms with Crippen LogP contribution in [0.15, 0.2) is 24.3 Å². The molecule has 0 aliphatic heterocycles. The molecule has 22 heavy (non-hydrogen) atoms. The van der Waals surface area contributed by atoms with E-state index in [2.05, 4.69) is 71.9 Å². The fourth-order valence-corrected chi connectivity index (χ4v) is 3.28. The number of hydrogen-bond acceptors (Lipinski definition) is 2. The molecule has 0 unspecified atom stereocenters. The molecule has 118 valence electrons. The maximum Gasteiger partial charge on any atom is 0.0399 e. The molecular formula is C20H28N2. The fourth-order valence-electron chi connectivity index (χ4n) is 3.28. The summed E-state index contributed by atoms with van der Waals surface area (Å²) in [4.78, 5) is 0. The smallest absolute Gasteiger partial charge is 0.0399 e. The summed E-state index contributed by atoms with van der Waals surface area (Å²) in [5.74, 6) is 0. The minimum atomic E-state index is 0. The largest absolute Gasteiger partial charge is 0.398 e. The van der Waals surface area contributed by atoms with Gasteiger partial charge in [0.2, 0.25) is 0 Å². The number of benzene rings is 2. The summed E-state index contributed by atoms with van der Waals surface area (Å²) < 4.78 is 0. The molecule has 0 spiro atoms. The van der Waals surface area contributed by atoms with Crippen LogP contribution in [0.4, 0.5) is 0 Å². The second-order valence-corrected chi connectivity index (χ2v) is 6.19. The molecule has 0 aliphatic carbocycles. The van der Waals surface area contributed by atoms with Crippen molar-refractivity contribution in [2.24, 2.45) is 5.73 Å². The maximum absolute atomic E-state index is 6.42. The Morgan fingerprint density at radius 3 is 1.50 bits per heavy atom. The molecule has 0 amide bonds. The molecular weight excluding hydrogens is 268 g/mol. The minimum absolute atomic E-state index is 0. The first kappa shape index (κ1) is 18.0. The van der Waals surface area contributed by atoms with Gasteiger partial charge in [0, 0.05) is 11.3 Å². The monoisotopic (exact) mass is 296 g/mol. The van der Waals surface area contributed by atoms with Crippen LogP contribution in [0.3, 0.4) is 0 Å². The molecule has 0 fully saturated rings. The maximum atomic E-state index is 6.42. The molecule has 0 saturated heterocycles. The van der Waals surface area contributed by atoms with E-state index in [4.69, 9.17) is 5.73 Å². The zero-order valence-corrected chi connectivity index (χ0v) is 14.7. The molecule has 0 atom stereocenters. The summed E-state index contributed by atoms with van der Waals surface area (Å²) in [5.41, 5.74) is 17.3. The van der Waals surface area contributed by atoms with Crippen LogP contribution in [-0.4, -0.2) is 0 Å². The van der Waals surface area contributed by atoms with Gasteiger partial charge < -0.3 is 11.9 Å². The van der Waals surface area contributed by atoms with E-state index in [9.17, 15) is 0 Å². The average molecular weight is 296 g/mol. The Morgan fingerprint density at radius 1 is 0.727 bits per heavy atom. The molecule has 0 bridgehead atoms. The second-order valence-electron chi connectivity index (χ2n) is 6.19. The van der Waals surface area contributed by atoms with E-state index in [1.54, 1.807) is 0 Å². The topological polar surface area (TPSA) is 61.0 Å². The van der Waals surface area contributed by atoms with Gasteiger partial charge in [-0.3, -0.25) is 0 Å². The molecule has 2 heteroatoms. The molecule has 2 rings (SSSR count). The van der Waals surface area contributed by atoms with Gasteiger partial charge in [0.25, 0.3) is 0 Å². The van der Waals surface area contributed by atoms with Crippen molar-refractivity contribution in [3.8, 4) is 0 Å². The average Bonchev–Trinajstić information content (AvgIpc) is 2.32. The van der Waals surface area contributed by atoms with Crippen LogP contribution in [0.1, 0.15) is 44.5 Å². The third kappa shape index (κ3) is 3.58. The van der Waals surface area contributed by atoms with Crippen LogP contribution in [0, 0.1) is 41.5 Å². The molecule has 0 aromatic heterocycles. The Bertz CT molecular complexity index is 678. The van der Waals surface area contributed by atoms with Gasteiger partial charge in [-0.15, -0.1) is 0 Å². The molecule has 0 radical (unpaired) electrons. The van der Waals surface area contributed by atoms with Crippen LogP contribution in [0.25, 0.3) is 11.8 Å². The Labute approximate surface area is 134 Å². The van der Waals surface area contributed by atoms with E-state index in [0.717, 1.165) is 5.70 Å². The number of rotatable bonds is 2. The number of aryl methyl sites for hydroxylation is 6. The lowest BCUT2D eigenvalue weighted by atomic mass is 9.94. The van der Waals surface area contributed by atoms with Gasteiger partial charge in [0.15, 0.2) is 0 Å². The minimum Gasteiger partial charge on any atom is -0.398 e. The quantitative estimate of drug-likeness (QED) is 0.752. The Balaban J connectivity index is 0.00000242. The van der Waals surface area contributed by atoms with Crippen molar-refractivity contribution in [3.05, 3.63) is 68.8 Å². The lowest BCUT2D eigenvalue weighted by Gasteiger charge is -2.14. The van der Waals surface area contributed by atoms with Crippen LogP contribution in [0.2, 0.25) is 0 Å². The highest BCUT2D eigenvalue weighted by Gasteiger charge is 2.08. The summed E-state index contributed by atoms with van der Waals surface area (Å²) in [5, 5.41) is 0. The van der Waals surface area contributed by atoms with Gasteiger partial charge >= 0.3 is 0 Å². The van der Waals surface area contributed by atoms with Gasteiger partial charge in [0.05, 0.1) is 0 Å². The van der Waals surface area contributed by atoms with Gasteiger partial charge in [-0.1, -0.05) is 35.4 Å². The van der Waals surface area contributed by atoms with Crippen molar-refractivity contribution in [1.29, 1.82) is 0 Å². The summed E-state index contributed by atoms with van der Waals surface area (Å²) in [6.45, 7) is 12.8. The Morgan fingerprint density at radius 2 is 1.09 bits per heavy atom. The molecule has 0 aliphatic rings. The first-order valence-electron chi connectivity index (χ1n) is 7.43. The predicted octanol–water partition coefficient (Wildman–Crippen LogP) is 5.16. The number of nitrogens with two attached hydrogens (primary N) is 1. The van der Waals surface area contributed by atoms with E-state index in [-0.39, 0.29) is 6.15 Å². The normalized spacial score (nSPS) is 11.3. The second kappa shape index (κ2) is 6.80. The summed E-state index contributed by atoms with van der Waals surface area (Å²) >= 11 is 0. The third-order valence-electron chi connectivity index (χ3n) is 4.00. The highest BCUT2D eigenvalue weighted by Crippen LogP contribution is 2.25. The summed E-state index contributed by atoms with van der Waals surface area (Å²) in [7, 11) is 0. The van der Waals surface area contributed by atoms with Gasteiger partial charge in [-0.2, -0.15) is 0 Å². The standard InChI is InChI=1S/C20H25N.H3N/c1-12-7-14(3)18(15(4)8-12)11-19(21)20-16(5)9-13(2)10-17(20)6;/h7-11H,21H2,1-6H3;1H3/b19-11-;. The zero-order valence-electron chi connectivity index (χ0n) is 14.7. The SMILES string of the molecule is Cc1cc(C)c(/C=C(\N)c2c(C)cc(C)cc2C)c(C)c1.N. The molecule has 2 aromatic rings. The molecule has 0 heterocycles. The van der Waals surface area contributed by atoms with Crippen molar-refractivity contribution in [3.63, 3.8) is 0 Å². The third-order valence-corrected chi connectivity index (χ3v) is 4.00. The molecule has 0 saturated carbocycles. The van der Waals surface area contributed by atoms with Crippen LogP contribution in [-0.2, 0) is 0 Å². The number of hydrogen-bond donors (Lipinski definition) is 2. The van der Waals surface area contributed by atoms with Gasteiger partial charge in [0.1, 0.15) is 0 Å². The first-order chi connectivity index (χ1) is 9.79. The summed E-state index contributed by atoms with van der Waals surface area (Å²) in [6, 6.07) is 8.80. The van der Waals surface area contributed by atoms with E-state index in [1.165, 1.54) is 44.5 Å². The van der Waals surface area contributed by atoms with Crippen molar-refractivity contribution >= 4 is 11.8 Å². The van der Waals surface area contributed by atoms with Crippen LogP contribution >= 0.6 is 0 Å². The van der Waals surface area contributed by atoms with Crippen molar-refractivity contribution in [2.75, 3.05) is 0 Å². The van der Waals surface area contributed by atoms with E-state index >= 15 is 0 Å². The van der Waals surface area contributed by atoms with E-state index in [1.807, 2.05) is 0 Å². The lowest BCUT2D eigenvalue weighted by molar-refractivity contribution is 1.27. The first-order valence-corrected chi connectivity index (χ1v) is 7.43. The van der Waals surface area contributed by atoms with E-state index < -0.39 is 0 Å². The predicted molar refractivity (Wildman–Crippen MR) is 98.4 cm³/mol. The van der Waals surface area contributed by atoms with Crippen LogP contribution < -0.4 is 11.9 Å². The highest BCUT2D eigenvalue weighted by atomic mass is 14.6. The Kier molecular flexibility index (Phi) is 5.56. The highest BCUT2D eigenvalue weighted by molar-refractivity contribution is 5.84. The van der Waals surface area contributed by atoms with Crippen molar-refractivity contribution in [2.45, 2.75) is 41.5 Å². The van der Waals surface area contributed by atoms with Gasteiger partial charge in [-0.25, -0.2) is 0 Å². The Hall–Kier alpha value is -2.06. The van der Waals surface area contributed by atoms with Gasteiger partial charge in [-0.05, 0) is 75.4 Å². The summed E-state index contributed by atoms with van der Waals surface area (Å²) in [6.07, 6.45) is 2.12. The van der Waals surface area contributed by atoms with Crippen molar-refractivity contribution < 1.29 is 0 Å². The van der Waals surface area contributed by atoms with Crippen molar-refractivity contribution in [1.82, 2.24) is 6.15 Å². The molecule has 2 aromatic carbocycles. The molecule has 5 N–H and O–H groups in total.